The Hall–Kier alpha value is -0.970. The fourth-order valence-corrected chi connectivity index (χ4v) is 3.20. The number of nitrogens with one attached hydrogen (secondary N) is 2. The molecule has 0 saturated heterocycles. The lowest BCUT2D eigenvalue weighted by atomic mass is 10.4. The molecule has 3 aromatic rings. The minimum absolute atomic E-state index is 0. The molecule has 3 aromatic heterocycles. The molecule has 0 aliphatic rings. The highest BCUT2D eigenvalue weighted by Crippen LogP contribution is 2.24. The van der Waals surface area contributed by atoms with Gasteiger partial charge in [0.05, 0.1) is 23.8 Å². The lowest BCUT2D eigenvalue weighted by Crippen LogP contribution is -2.36. The standard InChI is InChI=1S/C16H17BrCl2N6.HI/c1-20-16(22-7-12-5-13(18)15(19)24(12)2)21-6-11-9-25-8-10(17)3-4-14(25)23-11;/h3-5,8-9H,6-7H2,1-2H3,(H2,20,21,22);1H. The number of fused-ring (bicyclic) bond motifs is 1. The summed E-state index contributed by atoms with van der Waals surface area (Å²) in [5.74, 6) is 0.673. The predicted octanol–water partition coefficient (Wildman–Crippen LogP) is 4.23. The number of aromatic nitrogens is 3. The maximum atomic E-state index is 6.08. The first-order chi connectivity index (χ1) is 12.0. The van der Waals surface area contributed by atoms with Gasteiger partial charge < -0.3 is 19.6 Å². The molecule has 0 aliphatic carbocycles. The molecule has 0 fully saturated rings. The summed E-state index contributed by atoms with van der Waals surface area (Å²) in [5.41, 5.74) is 2.79. The van der Waals surface area contributed by atoms with Crippen LogP contribution in [0.2, 0.25) is 10.2 Å². The van der Waals surface area contributed by atoms with Gasteiger partial charge in [-0.2, -0.15) is 0 Å². The zero-order valence-corrected chi connectivity index (χ0v) is 19.6. The van der Waals surface area contributed by atoms with Gasteiger partial charge in [0.1, 0.15) is 10.8 Å². The maximum Gasteiger partial charge on any atom is 0.191 e. The monoisotopic (exact) mass is 570 g/mol. The summed E-state index contributed by atoms with van der Waals surface area (Å²) >= 11 is 15.6. The van der Waals surface area contributed by atoms with Gasteiger partial charge >= 0.3 is 0 Å². The second-order valence-corrected chi connectivity index (χ2v) is 7.14. The average Bonchev–Trinajstić information content (AvgIpc) is 3.10. The number of pyridine rings is 1. The first-order valence-electron chi connectivity index (χ1n) is 7.55. The van der Waals surface area contributed by atoms with Crippen LogP contribution in [-0.2, 0) is 20.1 Å². The van der Waals surface area contributed by atoms with Crippen molar-refractivity contribution in [2.45, 2.75) is 13.1 Å². The van der Waals surface area contributed by atoms with E-state index in [1.807, 2.05) is 46.6 Å². The minimum Gasteiger partial charge on any atom is -0.351 e. The summed E-state index contributed by atoms with van der Waals surface area (Å²) in [5, 5.41) is 7.55. The highest BCUT2D eigenvalue weighted by atomic mass is 127. The van der Waals surface area contributed by atoms with Gasteiger partial charge in [-0.1, -0.05) is 23.2 Å². The van der Waals surface area contributed by atoms with Crippen molar-refractivity contribution >= 4 is 74.7 Å². The minimum atomic E-state index is 0. The van der Waals surface area contributed by atoms with Crippen LogP contribution in [-0.4, -0.2) is 27.0 Å². The predicted molar refractivity (Wildman–Crippen MR) is 121 cm³/mol. The van der Waals surface area contributed by atoms with E-state index in [0.717, 1.165) is 21.5 Å². The van der Waals surface area contributed by atoms with Gasteiger partial charge in [-0.15, -0.1) is 24.0 Å². The van der Waals surface area contributed by atoms with E-state index in [-0.39, 0.29) is 24.0 Å². The highest BCUT2D eigenvalue weighted by Gasteiger charge is 2.09. The smallest absolute Gasteiger partial charge is 0.191 e. The average molecular weight is 572 g/mol. The Bertz CT molecular complexity index is 936. The van der Waals surface area contributed by atoms with E-state index in [1.165, 1.54) is 0 Å². The van der Waals surface area contributed by atoms with E-state index in [0.29, 0.717) is 29.2 Å². The van der Waals surface area contributed by atoms with Crippen molar-refractivity contribution in [1.29, 1.82) is 0 Å². The summed E-state index contributed by atoms with van der Waals surface area (Å²) in [6.07, 6.45) is 3.96. The zero-order chi connectivity index (χ0) is 18.0. The van der Waals surface area contributed by atoms with E-state index < -0.39 is 0 Å². The molecule has 0 unspecified atom stereocenters. The van der Waals surface area contributed by atoms with Crippen molar-refractivity contribution < 1.29 is 0 Å². The molecule has 3 rings (SSSR count). The Balaban J connectivity index is 0.00000243. The van der Waals surface area contributed by atoms with E-state index in [4.69, 9.17) is 23.2 Å². The number of halogens is 4. The first-order valence-corrected chi connectivity index (χ1v) is 9.10. The molecule has 6 nitrogen and oxygen atoms in total. The molecule has 26 heavy (non-hydrogen) atoms. The van der Waals surface area contributed by atoms with Gasteiger partial charge in [-0.3, -0.25) is 4.99 Å². The molecule has 0 amide bonds. The molecule has 0 bridgehead atoms. The van der Waals surface area contributed by atoms with Crippen LogP contribution in [0.3, 0.4) is 0 Å². The third-order valence-corrected chi connectivity index (χ3v) is 5.09. The zero-order valence-electron chi connectivity index (χ0n) is 14.1. The Kier molecular flexibility index (Phi) is 7.63. The number of guanidine groups is 1. The number of hydrogen-bond donors (Lipinski definition) is 2. The topological polar surface area (TPSA) is 58.6 Å². The first kappa shape index (κ1) is 21.3. The largest absolute Gasteiger partial charge is 0.351 e. The van der Waals surface area contributed by atoms with Crippen LogP contribution in [0, 0.1) is 0 Å². The van der Waals surface area contributed by atoms with Crippen LogP contribution in [0.1, 0.15) is 11.4 Å². The molecule has 0 saturated carbocycles. The normalized spacial score (nSPS) is 11.5. The lowest BCUT2D eigenvalue weighted by molar-refractivity contribution is 0.747. The number of hydrogen-bond acceptors (Lipinski definition) is 2. The van der Waals surface area contributed by atoms with Crippen LogP contribution in [0.15, 0.2) is 40.1 Å². The van der Waals surface area contributed by atoms with Crippen molar-refractivity contribution in [2.75, 3.05) is 7.05 Å². The van der Waals surface area contributed by atoms with Gasteiger partial charge in [-0.25, -0.2) is 4.98 Å². The van der Waals surface area contributed by atoms with E-state index in [1.54, 1.807) is 7.05 Å². The second-order valence-electron chi connectivity index (χ2n) is 5.46. The Morgan fingerprint density at radius 2 is 1.96 bits per heavy atom. The third-order valence-electron chi connectivity index (χ3n) is 3.78. The molecule has 2 N–H and O–H groups in total. The molecule has 10 heteroatoms. The molecule has 140 valence electrons. The fourth-order valence-electron chi connectivity index (χ4n) is 2.43. The molecular formula is C16H18BrCl2IN6. The van der Waals surface area contributed by atoms with Crippen LogP contribution >= 0.6 is 63.1 Å². The maximum absolute atomic E-state index is 6.08. The van der Waals surface area contributed by atoms with Gasteiger partial charge in [0, 0.05) is 36.7 Å². The molecule has 0 aromatic carbocycles. The molecular weight excluding hydrogens is 554 g/mol. The van der Waals surface area contributed by atoms with Crippen molar-refractivity contribution in [3.05, 3.63) is 56.6 Å². The number of nitrogens with zero attached hydrogens (tertiary/aromatic N) is 4. The summed E-state index contributed by atoms with van der Waals surface area (Å²) in [6.45, 7) is 1.12. The quantitative estimate of drug-likeness (QED) is 0.280. The van der Waals surface area contributed by atoms with Crippen molar-refractivity contribution in [1.82, 2.24) is 24.6 Å². The van der Waals surface area contributed by atoms with Crippen molar-refractivity contribution in [2.24, 2.45) is 12.0 Å². The van der Waals surface area contributed by atoms with Gasteiger partial charge in [0.15, 0.2) is 5.96 Å². The summed E-state index contributed by atoms with van der Waals surface area (Å²) in [7, 11) is 3.59. The summed E-state index contributed by atoms with van der Waals surface area (Å²) in [4.78, 5) is 8.79. The van der Waals surface area contributed by atoms with Gasteiger partial charge in [0.25, 0.3) is 0 Å². The third kappa shape index (κ3) is 4.85. The SMILES string of the molecule is CN=C(NCc1cn2cc(Br)ccc2n1)NCc1cc(Cl)c(Cl)n1C.I. The molecule has 0 aliphatic heterocycles. The van der Waals surface area contributed by atoms with Crippen molar-refractivity contribution in [3.8, 4) is 0 Å². The van der Waals surface area contributed by atoms with Crippen LogP contribution in [0.4, 0.5) is 0 Å². The van der Waals surface area contributed by atoms with E-state index in [2.05, 4.69) is 36.5 Å². The van der Waals surface area contributed by atoms with Crippen molar-refractivity contribution in [3.63, 3.8) is 0 Å². The van der Waals surface area contributed by atoms with Crippen LogP contribution < -0.4 is 10.6 Å². The summed E-state index contributed by atoms with van der Waals surface area (Å²) < 4.78 is 4.82. The molecule has 3 heterocycles. The number of imidazole rings is 1. The Labute approximate surface area is 187 Å². The molecule has 0 radical (unpaired) electrons. The highest BCUT2D eigenvalue weighted by molar-refractivity contribution is 14.0. The number of aliphatic imine (C=N–C) groups is 1. The van der Waals surface area contributed by atoms with Crippen LogP contribution in [0.25, 0.3) is 5.65 Å². The summed E-state index contributed by atoms with van der Waals surface area (Å²) in [6, 6.07) is 5.77. The fraction of sp³-hybridized carbons (Fsp3) is 0.250. The van der Waals surface area contributed by atoms with Crippen LogP contribution in [0.5, 0.6) is 0 Å². The molecule has 0 atom stereocenters. The van der Waals surface area contributed by atoms with Gasteiger partial charge in [0.2, 0.25) is 0 Å². The Morgan fingerprint density at radius 1 is 1.23 bits per heavy atom. The van der Waals surface area contributed by atoms with E-state index in [9.17, 15) is 0 Å². The Morgan fingerprint density at radius 3 is 2.62 bits per heavy atom. The second kappa shape index (κ2) is 9.29. The van der Waals surface area contributed by atoms with Gasteiger partial charge in [-0.05, 0) is 34.1 Å². The lowest BCUT2D eigenvalue weighted by Gasteiger charge is -2.11. The molecule has 0 spiro atoms. The number of rotatable bonds is 4. The van der Waals surface area contributed by atoms with E-state index >= 15 is 0 Å².